The Kier molecular flexibility index (Phi) is 7.21. The number of benzene rings is 2. The fourth-order valence-corrected chi connectivity index (χ4v) is 5.48. The fourth-order valence-electron chi connectivity index (χ4n) is 5.25. The van der Waals surface area contributed by atoms with E-state index in [0.717, 1.165) is 48.3 Å². The number of nitrogens with zero attached hydrogens (tertiary/aromatic N) is 4. The second-order valence-electron chi connectivity index (χ2n) is 9.43. The molecule has 3 aromatic rings. The van der Waals surface area contributed by atoms with E-state index in [1.165, 1.54) is 37.9 Å². The minimum absolute atomic E-state index is 0.0996. The Morgan fingerprint density at radius 1 is 0.941 bits per heavy atom. The molecule has 6 heteroatoms. The summed E-state index contributed by atoms with van der Waals surface area (Å²) < 4.78 is 0. The number of amides is 1. The highest BCUT2D eigenvalue weighted by Crippen LogP contribution is 2.35. The van der Waals surface area contributed by atoms with Gasteiger partial charge >= 0.3 is 0 Å². The molecule has 176 valence electrons. The summed E-state index contributed by atoms with van der Waals surface area (Å²) in [7, 11) is 0. The Morgan fingerprint density at radius 2 is 1.74 bits per heavy atom. The Balaban J connectivity index is 1.30. The summed E-state index contributed by atoms with van der Waals surface area (Å²) in [6.45, 7) is 4.75. The minimum Gasteiger partial charge on any atom is -0.338 e. The van der Waals surface area contributed by atoms with Crippen molar-refractivity contribution in [2.75, 3.05) is 26.2 Å². The maximum Gasteiger partial charge on any atom is 0.253 e. The maximum atomic E-state index is 13.3. The first-order chi connectivity index (χ1) is 16.7. The smallest absolute Gasteiger partial charge is 0.253 e. The minimum atomic E-state index is 0.0996. The van der Waals surface area contributed by atoms with Crippen LogP contribution in [0.5, 0.6) is 0 Å². The first-order valence-corrected chi connectivity index (χ1v) is 12.7. The third kappa shape index (κ3) is 5.16. The maximum absolute atomic E-state index is 13.3. The molecule has 5 rings (SSSR count). The zero-order valence-corrected chi connectivity index (χ0v) is 20.3. The molecule has 1 aromatic heterocycles. The molecule has 0 spiro atoms. The molecule has 2 saturated heterocycles. The van der Waals surface area contributed by atoms with Crippen LogP contribution >= 0.6 is 11.6 Å². The van der Waals surface area contributed by atoms with Crippen LogP contribution in [-0.2, 0) is 6.54 Å². The van der Waals surface area contributed by atoms with Crippen LogP contribution in [0.3, 0.4) is 0 Å². The van der Waals surface area contributed by atoms with E-state index in [0.29, 0.717) is 11.6 Å². The number of likely N-dealkylation sites (tertiary alicyclic amines) is 2. The van der Waals surface area contributed by atoms with Gasteiger partial charge in [0, 0.05) is 53.5 Å². The number of hydrogen-bond donors (Lipinski definition) is 0. The summed E-state index contributed by atoms with van der Waals surface area (Å²) in [5.74, 6) is 0.257. The van der Waals surface area contributed by atoms with Crippen LogP contribution in [-0.4, -0.2) is 51.9 Å². The van der Waals surface area contributed by atoms with Gasteiger partial charge in [-0.1, -0.05) is 48.4 Å². The normalized spacial score (nSPS) is 19.2. The zero-order chi connectivity index (χ0) is 23.3. The quantitative estimate of drug-likeness (QED) is 0.468. The predicted octanol–water partition coefficient (Wildman–Crippen LogP) is 5.80. The van der Waals surface area contributed by atoms with Crippen molar-refractivity contribution in [2.45, 2.75) is 44.6 Å². The number of halogens is 1. The molecule has 2 fully saturated rings. The van der Waals surface area contributed by atoms with E-state index in [4.69, 9.17) is 11.6 Å². The highest BCUT2D eigenvalue weighted by molar-refractivity contribution is 6.33. The van der Waals surface area contributed by atoms with E-state index in [2.05, 4.69) is 27.0 Å². The van der Waals surface area contributed by atoms with Gasteiger partial charge in [0.05, 0.1) is 5.69 Å². The molecule has 1 atom stereocenters. The van der Waals surface area contributed by atoms with Gasteiger partial charge in [-0.15, -0.1) is 0 Å². The molecule has 0 aliphatic carbocycles. The number of rotatable bonds is 5. The highest BCUT2D eigenvalue weighted by atomic mass is 35.5. The third-order valence-corrected chi connectivity index (χ3v) is 7.39. The molecule has 0 N–H and O–H groups in total. The van der Waals surface area contributed by atoms with Gasteiger partial charge in [-0.25, -0.2) is 9.97 Å². The summed E-state index contributed by atoms with van der Waals surface area (Å²) >= 11 is 6.48. The van der Waals surface area contributed by atoms with Crippen LogP contribution in [0.1, 0.15) is 59.6 Å². The van der Waals surface area contributed by atoms with E-state index in [1.807, 2.05) is 47.5 Å². The van der Waals surface area contributed by atoms with Crippen molar-refractivity contribution < 1.29 is 4.79 Å². The van der Waals surface area contributed by atoms with Crippen molar-refractivity contribution in [3.8, 4) is 11.1 Å². The van der Waals surface area contributed by atoms with Gasteiger partial charge in [-0.3, -0.25) is 9.69 Å². The summed E-state index contributed by atoms with van der Waals surface area (Å²) in [4.78, 5) is 26.7. The second-order valence-corrected chi connectivity index (χ2v) is 9.83. The molecule has 2 aromatic carbocycles. The lowest BCUT2D eigenvalue weighted by Crippen LogP contribution is -2.39. The van der Waals surface area contributed by atoms with Crippen molar-refractivity contribution >= 4 is 17.5 Å². The lowest BCUT2D eigenvalue weighted by molar-refractivity contribution is 0.0706. The summed E-state index contributed by atoms with van der Waals surface area (Å²) in [6, 6.07) is 16.0. The van der Waals surface area contributed by atoms with Gasteiger partial charge in [0.15, 0.2) is 0 Å². The van der Waals surface area contributed by atoms with Gasteiger partial charge in [0.25, 0.3) is 5.91 Å². The average molecular weight is 475 g/mol. The second kappa shape index (κ2) is 10.7. The largest absolute Gasteiger partial charge is 0.338 e. The van der Waals surface area contributed by atoms with Crippen molar-refractivity contribution in [3.05, 3.63) is 82.9 Å². The zero-order valence-electron chi connectivity index (χ0n) is 19.5. The van der Waals surface area contributed by atoms with Crippen molar-refractivity contribution in [3.63, 3.8) is 0 Å². The Bertz CT molecular complexity index is 1130. The molecule has 2 aliphatic rings. The number of hydrogen-bond acceptors (Lipinski definition) is 4. The summed E-state index contributed by atoms with van der Waals surface area (Å²) in [5.41, 5.74) is 4.90. The SMILES string of the molecule is O=C(c1ccc(CN2CCCCC2)cc1)N1CCCC(c2ncncc2-c2ccccc2Cl)C1. The molecular weight excluding hydrogens is 444 g/mol. The first kappa shape index (κ1) is 23.0. The van der Waals surface area contributed by atoms with E-state index >= 15 is 0 Å². The number of carbonyl (C=O) groups excluding carboxylic acids is 1. The molecule has 2 aliphatic heterocycles. The van der Waals surface area contributed by atoms with Crippen molar-refractivity contribution in [1.82, 2.24) is 19.8 Å². The van der Waals surface area contributed by atoms with E-state index in [1.54, 1.807) is 6.33 Å². The van der Waals surface area contributed by atoms with Crippen LogP contribution < -0.4 is 0 Å². The first-order valence-electron chi connectivity index (χ1n) is 12.3. The number of carbonyl (C=O) groups is 1. The monoisotopic (exact) mass is 474 g/mol. The Hall–Kier alpha value is -2.76. The molecule has 3 heterocycles. The standard InChI is InChI=1S/C28H31ClN4O/c29-26-9-3-2-8-24(26)25-17-30-20-31-27(25)23-7-6-16-33(19-23)28(34)22-12-10-21(11-13-22)18-32-14-4-1-5-15-32/h2-3,8-13,17,20,23H,1,4-7,14-16,18-19H2. The lowest BCUT2D eigenvalue weighted by Gasteiger charge is -2.33. The number of aromatic nitrogens is 2. The van der Waals surface area contributed by atoms with Gasteiger partial charge in [-0.05, 0) is 62.5 Å². The summed E-state index contributed by atoms with van der Waals surface area (Å²) in [6.07, 6.45) is 9.30. The molecule has 0 saturated carbocycles. The van der Waals surface area contributed by atoms with Crippen LogP contribution in [0, 0.1) is 0 Å². The van der Waals surface area contributed by atoms with Crippen LogP contribution in [0.25, 0.3) is 11.1 Å². The third-order valence-electron chi connectivity index (χ3n) is 7.06. The Morgan fingerprint density at radius 3 is 2.53 bits per heavy atom. The molecule has 1 unspecified atom stereocenters. The molecular formula is C28H31ClN4O. The van der Waals surface area contributed by atoms with Gasteiger partial charge in [-0.2, -0.15) is 0 Å². The highest BCUT2D eigenvalue weighted by Gasteiger charge is 2.28. The van der Waals surface area contributed by atoms with Gasteiger partial charge in [0.2, 0.25) is 0 Å². The van der Waals surface area contributed by atoms with Crippen molar-refractivity contribution in [1.29, 1.82) is 0 Å². The van der Waals surface area contributed by atoms with Gasteiger partial charge in [0.1, 0.15) is 6.33 Å². The lowest BCUT2D eigenvalue weighted by atomic mass is 9.89. The topological polar surface area (TPSA) is 49.3 Å². The van der Waals surface area contributed by atoms with E-state index in [9.17, 15) is 4.79 Å². The summed E-state index contributed by atoms with van der Waals surface area (Å²) in [5, 5.41) is 0.687. The van der Waals surface area contributed by atoms with Crippen LogP contribution in [0.15, 0.2) is 61.1 Å². The van der Waals surface area contributed by atoms with Crippen molar-refractivity contribution in [2.24, 2.45) is 0 Å². The average Bonchev–Trinajstić information content (AvgIpc) is 2.90. The molecule has 5 nitrogen and oxygen atoms in total. The fraction of sp³-hybridized carbons (Fsp3) is 0.393. The van der Waals surface area contributed by atoms with Gasteiger partial charge < -0.3 is 4.90 Å². The van der Waals surface area contributed by atoms with E-state index < -0.39 is 0 Å². The van der Waals surface area contributed by atoms with E-state index in [-0.39, 0.29) is 11.8 Å². The molecule has 0 radical (unpaired) electrons. The molecule has 0 bridgehead atoms. The van der Waals surface area contributed by atoms with Crippen LogP contribution in [0.4, 0.5) is 0 Å². The predicted molar refractivity (Wildman–Crippen MR) is 136 cm³/mol. The Labute approximate surface area is 206 Å². The van der Waals surface area contributed by atoms with Crippen LogP contribution in [0.2, 0.25) is 5.02 Å². The number of piperidine rings is 2. The molecule has 34 heavy (non-hydrogen) atoms. The molecule has 1 amide bonds.